The van der Waals surface area contributed by atoms with Crippen molar-refractivity contribution in [2.24, 2.45) is 0 Å². The van der Waals surface area contributed by atoms with Gasteiger partial charge in [-0.1, -0.05) is 78.5 Å². The SMILES string of the molecule is C=CCn1c(SCC(=O)NC(Cc2ccccc2)c2ccccc2)nnc1C1CC1. The molecule has 1 aliphatic rings. The molecule has 2 aromatic carbocycles. The van der Waals surface area contributed by atoms with Crippen LogP contribution in [0.25, 0.3) is 0 Å². The number of carbonyl (C=O) groups excluding carboxylic acids is 1. The molecule has 3 aromatic rings. The number of allylic oxidation sites excluding steroid dienone is 1. The highest BCUT2D eigenvalue weighted by molar-refractivity contribution is 7.99. The number of amides is 1. The summed E-state index contributed by atoms with van der Waals surface area (Å²) in [5, 5.41) is 12.7. The monoisotopic (exact) mass is 418 g/mol. The molecule has 4 rings (SSSR count). The lowest BCUT2D eigenvalue weighted by molar-refractivity contribution is -0.119. The molecule has 1 amide bonds. The van der Waals surface area contributed by atoms with Gasteiger partial charge in [-0.05, 0) is 30.4 Å². The fourth-order valence-electron chi connectivity index (χ4n) is 3.50. The lowest BCUT2D eigenvalue weighted by Gasteiger charge is -2.19. The number of nitrogens with zero attached hydrogens (tertiary/aromatic N) is 3. The fourth-order valence-corrected chi connectivity index (χ4v) is 4.27. The first kappa shape index (κ1) is 20.4. The zero-order valence-electron chi connectivity index (χ0n) is 16.9. The van der Waals surface area contributed by atoms with Crippen molar-refractivity contribution in [3.8, 4) is 0 Å². The first-order valence-corrected chi connectivity index (χ1v) is 11.3. The summed E-state index contributed by atoms with van der Waals surface area (Å²) in [6, 6.07) is 20.3. The van der Waals surface area contributed by atoms with Crippen LogP contribution in [0.5, 0.6) is 0 Å². The molecule has 30 heavy (non-hydrogen) atoms. The van der Waals surface area contributed by atoms with Gasteiger partial charge in [0.25, 0.3) is 0 Å². The van der Waals surface area contributed by atoms with Gasteiger partial charge in [0.1, 0.15) is 5.82 Å². The van der Waals surface area contributed by atoms with Crippen LogP contribution in [-0.2, 0) is 17.8 Å². The molecule has 5 nitrogen and oxygen atoms in total. The molecule has 1 N–H and O–H groups in total. The van der Waals surface area contributed by atoms with Crippen LogP contribution < -0.4 is 5.32 Å². The minimum atomic E-state index is -0.0743. The van der Waals surface area contributed by atoms with Crippen molar-refractivity contribution in [2.45, 2.75) is 42.9 Å². The number of hydrogen-bond acceptors (Lipinski definition) is 4. The van der Waals surface area contributed by atoms with Gasteiger partial charge in [-0.15, -0.1) is 16.8 Å². The predicted octanol–water partition coefficient (Wildman–Crippen LogP) is 4.53. The van der Waals surface area contributed by atoms with Crippen LogP contribution in [0.1, 0.15) is 41.8 Å². The van der Waals surface area contributed by atoms with E-state index in [0.29, 0.717) is 18.2 Å². The second-order valence-electron chi connectivity index (χ2n) is 7.52. The summed E-state index contributed by atoms with van der Waals surface area (Å²) in [5.41, 5.74) is 2.30. The molecule has 0 bridgehead atoms. The third kappa shape index (κ3) is 5.19. The van der Waals surface area contributed by atoms with E-state index in [1.165, 1.54) is 30.2 Å². The van der Waals surface area contributed by atoms with Gasteiger partial charge in [0.2, 0.25) is 5.91 Å². The number of rotatable bonds is 10. The van der Waals surface area contributed by atoms with E-state index in [-0.39, 0.29) is 11.9 Å². The molecule has 1 aliphatic carbocycles. The van der Waals surface area contributed by atoms with Gasteiger partial charge >= 0.3 is 0 Å². The van der Waals surface area contributed by atoms with Gasteiger partial charge in [0.15, 0.2) is 5.16 Å². The summed E-state index contributed by atoms with van der Waals surface area (Å²) in [6.45, 7) is 4.51. The molecule has 154 valence electrons. The van der Waals surface area contributed by atoms with Crippen LogP contribution in [0.3, 0.4) is 0 Å². The lowest BCUT2D eigenvalue weighted by atomic mass is 9.99. The quantitative estimate of drug-likeness (QED) is 0.388. The average molecular weight is 419 g/mol. The Balaban J connectivity index is 1.42. The molecule has 0 aliphatic heterocycles. The van der Waals surface area contributed by atoms with E-state index in [0.717, 1.165) is 23.0 Å². The van der Waals surface area contributed by atoms with Crippen LogP contribution in [0.2, 0.25) is 0 Å². The Kier molecular flexibility index (Phi) is 6.64. The zero-order valence-corrected chi connectivity index (χ0v) is 17.7. The molecular weight excluding hydrogens is 392 g/mol. The highest BCUT2D eigenvalue weighted by Crippen LogP contribution is 2.40. The van der Waals surface area contributed by atoms with Crippen molar-refractivity contribution in [1.29, 1.82) is 0 Å². The highest BCUT2D eigenvalue weighted by atomic mass is 32.2. The third-order valence-electron chi connectivity index (χ3n) is 5.15. The van der Waals surface area contributed by atoms with E-state index in [4.69, 9.17) is 0 Å². The van der Waals surface area contributed by atoms with E-state index in [2.05, 4.69) is 50.9 Å². The number of thioether (sulfide) groups is 1. The molecule has 1 heterocycles. The fraction of sp³-hybridized carbons (Fsp3) is 0.292. The molecular formula is C24H26N4OS. The molecule has 0 radical (unpaired) electrons. The smallest absolute Gasteiger partial charge is 0.230 e. The Bertz CT molecular complexity index is 983. The molecule has 1 fully saturated rings. The topological polar surface area (TPSA) is 59.8 Å². The van der Waals surface area contributed by atoms with Crippen molar-refractivity contribution < 1.29 is 4.79 Å². The Hall–Kier alpha value is -2.86. The maximum atomic E-state index is 12.8. The van der Waals surface area contributed by atoms with Gasteiger partial charge in [-0.3, -0.25) is 4.79 Å². The number of hydrogen-bond donors (Lipinski definition) is 1. The van der Waals surface area contributed by atoms with Gasteiger partial charge in [-0.2, -0.15) is 0 Å². The minimum absolute atomic E-state index is 0.00842. The van der Waals surface area contributed by atoms with Gasteiger partial charge < -0.3 is 9.88 Å². The first-order chi connectivity index (χ1) is 14.7. The Labute approximate surface area is 181 Å². The molecule has 1 atom stereocenters. The Morgan fingerprint density at radius 3 is 2.50 bits per heavy atom. The molecule has 1 saturated carbocycles. The van der Waals surface area contributed by atoms with Crippen molar-refractivity contribution in [2.75, 3.05) is 5.75 Å². The first-order valence-electron chi connectivity index (χ1n) is 10.3. The highest BCUT2D eigenvalue weighted by Gasteiger charge is 2.30. The lowest BCUT2D eigenvalue weighted by Crippen LogP contribution is -2.31. The summed E-state index contributed by atoms with van der Waals surface area (Å²) in [5.74, 6) is 1.82. The number of aromatic nitrogens is 3. The predicted molar refractivity (Wildman–Crippen MR) is 120 cm³/mol. The third-order valence-corrected chi connectivity index (χ3v) is 6.12. The van der Waals surface area contributed by atoms with Crippen LogP contribution in [0.15, 0.2) is 78.5 Å². The second kappa shape index (κ2) is 9.76. The van der Waals surface area contributed by atoms with Crippen molar-refractivity contribution >= 4 is 17.7 Å². The second-order valence-corrected chi connectivity index (χ2v) is 8.47. The van der Waals surface area contributed by atoms with E-state index in [9.17, 15) is 4.79 Å². The number of benzene rings is 2. The van der Waals surface area contributed by atoms with E-state index < -0.39 is 0 Å². The molecule has 0 spiro atoms. The molecule has 0 saturated heterocycles. The zero-order chi connectivity index (χ0) is 20.8. The summed E-state index contributed by atoms with van der Waals surface area (Å²) in [6.07, 6.45) is 4.93. The van der Waals surface area contributed by atoms with Crippen LogP contribution in [0.4, 0.5) is 0 Å². The standard InChI is InChI=1S/C24H26N4OS/c1-2-15-28-23(20-13-14-20)26-27-24(28)30-17-22(29)25-21(19-11-7-4-8-12-19)16-18-9-5-3-6-10-18/h2-12,20-21H,1,13-17H2,(H,25,29). The number of carbonyl (C=O) groups is 1. The summed E-state index contributed by atoms with van der Waals surface area (Å²) >= 11 is 1.43. The summed E-state index contributed by atoms with van der Waals surface area (Å²) in [7, 11) is 0. The number of nitrogens with one attached hydrogen (secondary N) is 1. The van der Waals surface area contributed by atoms with Crippen molar-refractivity contribution in [1.82, 2.24) is 20.1 Å². The molecule has 1 unspecified atom stereocenters. The van der Waals surface area contributed by atoms with Gasteiger partial charge in [-0.25, -0.2) is 0 Å². The maximum absolute atomic E-state index is 12.8. The van der Waals surface area contributed by atoms with Crippen molar-refractivity contribution in [3.05, 3.63) is 90.3 Å². The van der Waals surface area contributed by atoms with Crippen LogP contribution >= 0.6 is 11.8 Å². The Morgan fingerprint density at radius 1 is 1.13 bits per heavy atom. The van der Waals surface area contributed by atoms with E-state index in [1.54, 1.807) is 0 Å². The van der Waals surface area contributed by atoms with Crippen LogP contribution in [0, 0.1) is 0 Å². The largest absolute Gasteiger partial charge is 0.348 e. The molecule has 6 heteroatoms. The van der Waals surface area contributed by atoms with E-state index in [1.807, 2.05) is 42.5 Å². The summed E-state index contributed by atoms with van der Waals surface area (Å²) in [4.78, 5) is 12.8. The average Bonchev–Trinajstić information content (AvgIpc) is 3.55. The minimum Gasteiger partial charge on any atom is -0.348 e. The summed E-state index contributed by atoms with van der Waals surface area (Å²) < 4.78 is 2.08. The van der Waals surface area contributed by atoms with Crippen molar-refractivity contribution in [3.63, 3.8) is 0 Å². The van der Waals surface area contributed by atoms with Crippen LogP contribution in [-0.4, -0.2) is 26.4 Å². The van der Waals surface area contributed by atoms with E-state index >= 15 is 0 Å². The maximum Gasteiger partial charge on any atom is 0.230 e. The Morgan fingerprint density at radius 2 is 1.83 bits per heavy atom. The van der Waals surface area contributed by atoms with Gasteiger partial charge in [0, 0.05) is 12.5 Å². The normalized spacial score (nSPS) is 14.3. The van der Waals surface area contributed by atoms with Gasteiger partial charge in [0.05, 0.1) is 11.8 Å². The molecule has 1 aromatic heterocycles.